The number of aromatic nitrogens is 2. The van der Waals surface area contributed by atoms with Crippen molar-refractivity contribution < 1.29 is 8.78 Å². The van der Waals surface area contributed by atoms with E-state index in [0.29, 0.717) is 11.5 Å². The fourth-order valence-electron chi connectivity index (χ4n) is 4.93. The third-order valence-corrected chi connectivity index (χ3v) is 6.95. The Morgan fingerprint density at radius 1 is 1.00 bits per heavy atom. The summed E-state index contributed by atoms with van der Waals surface area (Å²) in [5.41, 5.74) is 6.39. The lowest BCUT2D eigenvalue weighted by atomic mass is 10.0. The minimum Gasteiger partial charge on any atom is -0.372 e. The maximum absolute atomic E-state index is 14.4. The number of benzene rings is 3. The molecule has 1 aliphatic heterocycles. The fourth-order valence-corrected chi connectivity index (χ4v) is 4.93. The Balaban J connectivity index is 1.57. The van der Waals surface area contributed by atoms with E-state index in [2.05, 4.69) is 28.9 Å². The minimum atomic E-state index is -2.93. The molecule has 3 aromatic carbocycles. The number of hydrogen-bond acceptors (Lipinski definition) is 3. The number of piperidine rings is 1. The summed E-state index contributed by atoms with van der Waals surface area (Å²) in [4.78, 5) is 7.25. The normalized spacial score (nSPS) is 14.3. The molecule has 1 N–H and O–H groups in total. The number of likely N-dealkylation sites (tertiary alicyclic amines) is 1. The van der Waals surface area contributed by atoms with E-state index in [4.69, 9.17) is 4.98 Å². The van der Waals surface area contributed by atoms with Crippen LogP contribution in [0.3, 0.4) is 0 Å². The summed E-state index contributed by atoms with van der Waals surface area (Å²) in [7, 11) is 0. The second-order valence-electron chi connectivity index (χ2n) is 9.76. The molecule has 36 heavy (non-hydrogen) atoms. The molecule has 1 aliphatic rings. The Morgan fingerprint density at radius 3 is 2.44 bits per heavy atom. The van der Waals surface area contributed by atoms with Crippen molar-refractivity contribution in [3.8, 4) is 0 Å². The van der Waals surface area contributed by atoms with Gasteiger partial charge in [0, 0.05) is 37.0 Å². The lowest BCUT2D eigenvalue weighted by molar-refractivity contribution is 0.0165. The SMILES string of the molecule is C=C(c1ccc2c(c1)nc(Nc1ccc(C)cc1)n2Cc1ccccc1C(C)(F)F)N1CCCCC1. The van der Waals surface area contributed by atoms with E-state index >= 15 is 0 Å². The molecule has 2 heterocycles. The number of aryl methyl sites for hydroxylation is 1. The highest BCUT2D eigenvalue weighted by molar-refractivity contribution is 5.83. The molecule has 0 spiro atoms. The maximum atomic E-state index is 14.4. The molecule has 0 unspecified atom stereocenters. The summed E-state index contributed by atoms with van der Waals surface area (Å²) in [6, 6.07) is 20.9. The van der Waals surface area contributed by atoms with Gasteiger partial charge in [0.15, 0.2) is 0 Å². The van der Waals surface area contributed by atoms with Gasteiger partial charge in [-0.25, -0.2) is 13.8 Å². The quantitative estimate of drug-likeness (QED) is 0.290. The van der Waals surface area contributed by atoms with Crippen molar-refractivity contribution in [1.29, 1.82) is 0 Å². The molecule has 1 saturated heterocycles. The first-order valence-corrected chi connectivity index (χ1v) is 12.5. The van der Waals surface area contributed by atoms with E-state index in [-0.39, 0.29) is 12.1 Å². The van der Waals surface area contributed by atoms with E-state index in [1.54, 1.807) is 18.2 Å². The van der Waals surface area contributed by atoms with E-state index in [0.717, 1.165) is 53.6 Å². The highest BCUT2D eigenvalue weighted by Gasteiger charge is 2.27. The zero-order chi connectivity index (χ0) is 25.3. The van der Waals surface area contributed by atoms with E-state index in [1.807, 2.05) is 41.8 Å². The lowest BCUT2D eigenvalue weighted by Gasteiger charge is -2.30. The van der Waals surface area contributed by atoms with Gasteiger partial charge in [0.1, 0.15) is 0 Å². The van der Waals surface area contributed by atoms with Crippen molar-refractivity contribution in [3.05, 3.63) is 95.6 Å². The van der Waals surface area contributed by atoms with Crippen LogP contribution in [0.25, 0.3) is 16.7 Å². The van der Waals surface area contributed by atoms with Gasteiger partial charge in [0.25, 0.3) is 5.92 Å². The average molecular weight is 487 g/mol. The smallest absolute Gasteiger partial charge is 0.270 e. The van der Waals surface area contributed by atoms with Crippen molar-refractivity contribution in [1.82, 2.24) is 14.5 Å². The number of halogens is 2. The number of hydrogen-bond donors (Lipinski definition) is 1. The Kier molecular flexibility index (Phi) is 6.52. The van der Waals surface area contributed by atoms with Gasteiger partial charge in [0.05, 0.1) is 17.6 Å². The Hall–Kier alpha value is -3.67. The van der Waals surface area contributed by atoms with Gasteiger partial charge in [-0.2, -0.15) is 0 Å². The van der Waals surface area contributed by atoms with Gasteiger partial charge in [0.2, 0.25) is 5.95 Å². The van der Waals surface area contributed by atoms with Gasteiger partial charge >= 0.3 is 0 Å². The molecule has 4 nitrogen and oxygen atoms in total. The number of rotatable bonds is 7. The Labute approximate surface area is 211 Å². The largest absolute Gasteiger partial charge is 0.372 e. The highest BCUT2D eigenvalue weighted by atomic mass is 19.3. The van der Waals surface area contributed by atoms with Crippen LogP contribution in [0.1, 0.15) is 48.4 Å². The lowest BCUT2D eigenvalue weighted by Crippen LogP contribution is -2.27. The number of imidazole rings is 1. The second kappa shape index (κ2) is 9.76. The van der Waals surface area contributed by atoms with Gasteiger partial charge < -0.3 is 14.8 Å². The third kappa shape index (κ3) is 4.99. The van der Waals surface area contributed by atoms with Crippen LogP contribution in [-0.4, -0.2) is 27.5 Å². The predicted molar refractivity (Wildman–Crippen MR) is 144 cm³/mol. The fraction of sp³-hybridized carbons (Fsp3) is 0.300. The summed E-state index contributed by atoms with van der Waals surface area (Å²) < 4.78 is 30.8. The van der Waals surface area contributed by atoms with Crippen LogP contribution in [0.15, 0.2) is 73.3 Å². The molecule has 0 saturated carbocycles. The van der Waals surface area contributed by atoms with Crippen LogP contribution >= 0.6 is 0 Å². The molecule has 5 rings (SSSR count). The second-order valence-corrected chi connectivity index (χ2v) is 9.76. The molecule has 0 atom stereocenters. The van der Waals surface area contributed by atoms with Crippen molar-refractivity contribution in [2.45, 2.75) is 45.6 Å². The first kappa shape index (κ1) is 24.0. The van der Waals surface area contributed by atoms with Crippen molar-refractivity contribution in [3.63, 3.8) is 0 Å². The summed E-state index contributed by atoms with van der Waals surface area (Å²) in [6.07, 6.45) is 3.63. The van der Waals surface area contributed by atoms with Crippen LogP contribution < -0.4 is 5.32 Å². The van der Waals surface area contributed by atoms with E-state index in [1.165, 1.54) is 25.3 Å². The average Bonchev–Trinajstić information content (AvgIpc) is 3.21. The van der Waals surface area contributed by atoms with Crippen LogP contribution in [0, 0.1) is 6.92 Å². The van der Waals surface area contributed by atoms with Gasteiger partial charge in [-0.15, -0.1) is 0 Å². The molecule has 0 aliphatic carbocycles. The summed E-state index contributed by atoms with van der Waals surface area (Å²) in [6.45, 7) is 9.66. The summed E-state index contributed by atoms with van der Waals surface area (Å²) in [5, 5.41) is 3.41. The topological polar surface area (TPSA) is 33.1 Å². The predicted octanol–water partition coefficient (Wildman–Crippen LogP) is 7.70. The third-order valence-electron chi connectivity index (χ3n) is 6.95. The number of fused-ring (bicyclic) bond motifs is 1. The van der Waals surface area contributed by atoms with E-state index in [9.17, 15) is 8.78 Å². The highest BCUT2D eigenvalue weighted by Crippen LogP contribution is 2.33. The molecule has 4 aromatic rings. The van der Waals surface area contributed by atoms with Gasteiger partial charge in [-0.05, 0) is 61.6 Å². The molecule has 6 heteroatoms. The van der Waals surface area contributed by atoms with Crippen LogP contribution in [0.2, 0.25) is 0 Å². The summed E-state index contributed by atoms with van der Waals surface area (Å²) in [5.74, 6) is -2.32. The number of nitrogens with one attached hydrogen (secondary N) is 1. The minimum absolute atomic E-state index is 0.0308. The zero-order valence-corrected chi connectivity index (χ0v) is 20.9. The van der Waals surface area contributed by atoms with Gasteiger partial charge in [-0.1, -0.05) is 54.6 Å². The molecule has 1 aromatic heterocycles. The molecular formula is C30H32F2N4. The first-order valence-electron chi connectivity index (χ1n) is 12.5. The maximum Gasteiger partial charge on any atom is 0.270 e. The van der Waals surface area contributed by atoms with E-state index < -0.39 is 5.92 Å². The van der Waals surface area contributed by atoms with Crippen molar-refractivity contribution in [2.75, 3.05) is 18.4 Å². The molecule has 1 fully saturated rings. The molecule has 186 valence electrons. The molecular weight excluding hydrogens is 454 g/mol. The first-order chi connectivity index (χ1) is 17.3. The van der Waals surface area contributed by atoms with Crippen LogP contribution in [0.4, 0.5) is 20.4 Å². The van der Waals surface area contributed by atoms with Crippen molar-refractivity contribution >= 4 is 28.4 Å². The number of nitrogens with zero attached hydrogens (tertiary/aromatic N) is 3. The Bertz CT molecular complexity index is 1380. The Morgan fingerprint density at radius 2 is 1.72 bits per heavy atom. The monoisotopic (exact) mass is 486 g/mol. The molecule has 0 bridgehead atoms. The van der Waals surface area contributed by atoms with Crippen LogP contribution in [-0.2, 0) is 12.5 Å². The van der Waals surface area contributed by atoms with Gasteiger partial charge in [-0.3, -0.25) is 0 Å². The molecule has 0 radical (unpaired) electrons. The number of alkyl halides is 2. The summed E-state index contributed by atoms with van der Waals surface area (Å²) >= 11 is 0. The standard InChI is InChI=1S/C30H32F2N4/c1-21-11-14-25(15-12-21)33-29-34-27-19-23(22(2)35-17-7-4-8-18-35)13-16-28(27)36(29)20-24-9-5-6-10-26(24)30(3,31)32/h5-6,9-16,19H,2,4,7-8,17-18,20H2,1,3H3,(H,33,34). The zero-order valence-electron chi connectivity index (χ0n) is 20.9. The van der Waals surface area contributed by atoms with Crippen LogP contribution in [0.5, 0.6) is 0 Å². The van der Waals surface area contributed by atoms with Crippen molar-refractivity contribution in [2.24, 2.45) is 0 Å². The molecule has 0 amide bonds. The number of anilines is 2.